The Bertz CT molecular complexity index is 445. The molecule has 2 unspecified atom stereocenters. The summed E-state index contributed by atoms with van der Waals surface area (Å²) < 4.78 is 23.3. The summed E-state index contributed by atoms with van der Waals surface area (Å²) in [4.78, 5) is 11.3. The lowest BCUT2D eigenvalue weighted by molar-refractivity contribution is -0.143. The van der Waals surface area contributed by atoms with Crippen LogP contribution in [-0.4, -0.2) is 19.7 Å². The second-order valence-electron chi connectivity index (χ2n) is 4.51. The standard InChI is InChI=1S/C14H17FO3/c1-3-18-14(16)8-10-6-11(10)9-4-5-13(17-2)12(15)7-9/h4-5,7,10-11H,3,6,8H2,1-2H3. The molecular weight excluding hydrogens is 235 g/mol. The Labute approximate surface area is 106 Å². The van der Waals surface area contributed by atoms with E-state index in [4.69, 9.17) is 9.47 Å². The van der Waals surface area contributed by atoms with Crippen molar-refractivity contribution in [2.75, 3.05) is 13.7 Å². The number of esters is 1. The van der Waals surface area contributed by atoms with Gasteiger partial charge in [0.1, 0.15) is 0 Å². The van der Waals surface area contributed by atoms with Crippen molar-refractivity contribution < 1.29 is 18.7 Å². The average molecular weight is 252 g/mol. The van der Waals surface area contributed by atoms with Crippen molar-refractivity contribution in [2.24, 2.45) is 5.92 Å². The molecule has 2 rings (SSSR count). The Morgan fingerprint density at radius 1 is 1.50 bits per heavy atom. The van der Waals surface area contributed by atoms with Crippen LogP contribution in [0.4, 0.5) is 4.39 Å². The first kappa shape index (κ1) is 12.9. The third-order valence-electron chi connectivity index (χ3n) is 3.26. The zero-order valence-electron chi connectivity index (χ0n) is 10.6. The molecule has 18 heavy (non-hydrogen) atoms. The van der Waals surface area contributed by atoms with Crippen molar-refractivity contribution >= 4 is 5.97 Å². The fourth-order valence-corrected chi connectivity index (χ4v) is 2.23. The predicted molar refractivity (Wildman–Crippen MR) is 65.1 cm³/mol. The highest BCUT2D eigenvalue weighted by Gasteiger charge is 2.40. The molecule has 0 N–H and O–H groups in total. The van der Waals surface area contributed by atoms with E-state index < -0.39 is 0 Å². The minimum atomic E-state index is -0.350. The molecule has 1 aromatic carbocycles. The van der Waals surface area contributed by atoms with Crippen LogP contribution in [0.25, 0.3) is 0 Å². The summed E-state index contributed by atoms with van der Waals surface area (Å²) in [6.45, 7) is 2.20. The van der Waals surface area contributed by atoms with E-state index in [0.29, 0.717) is 13.0 Å². The average Bonchev–Trinajstić information content (AvgIpc) is 3.08. The van der Waals surface area contributed by atoms with Crippen LogP contribution in [0.1, 0.15) is 31.2 Å². The number of ether oxygens (including phenoxy) is 2. The molecule has 0 aliphatic heterocycles. The van der Waals surface area contributed by atoms with Crippen LogP contribution in [0.5, 0.6) is 5.75 Å². The lowest BCUT2D eigenvalue weighted by atomic mass is 10.1. The Hall–Kier alpha value is -1.58. The van der Waals surface area contributed by atoms with E-state index >= 15 is 0 Å². The summed E-state index contributed by atoms with van der Waals surface area (Å²) in [5.74, 6) is 0.295. The molecule has 98 valence electrons. The predicted octanol–water partition coefficient (Wildman–Crippen LogP) is 2.89. The monoisotopic (exact) mass is 252 g/mol. The quantitative estimate of drug-likeness (QED) is 0.756. The van der Waals surface area contributed by atoms with E-state index in [-0.39, 0.29) is 29.4 Å². The third kappa shape index (κ3) is 2.81. The summed E-state index contributed by atoms with van der Waals surface area (Å²) in [5.41, 5.74) is 0.933. The number of benzene rings is 1. The van der Waals surface area contributed by atoms with Crippen LogP contribution in [0.15, 0.2) is 18.2 Å². The highest BCUT2D eigenvalue weighted by molar-refractivity contribution is 5.70. The molecule has 0 amide bonds. The molecule has 1 saturated carbocycles. The van der Waals surface area contributed by atoms with E-state index in [1.54, 1.807) is 13.0 Å². The molecule has 4 heteroatoms. The van der Waals surface area contributed by atoms with Gasteiger partial charge in [-0.25, -0.2) is 4.39 Å². The normalized spacial score (nSPS) is 21.5. The second-order valence-corrected chi connectivity index (χ2v) is 4.51. The van der Waals surface area contributed by atoms with Crippen LogP contribution in [0.2, 0.25) is 0 Å². The van der Waals surface area contributed by atoms with Gasteiger partial charge in [0, 0.05) is 6.42 Å². The third-order valence-corrected chi connectivity index (χ3v) is 3.26. The molecule has 1 aliphatic rings. The highest BCUT2D eigenvalue weighted by atomic mass is 19.1. The Kier molecular flexibility index (Phi) is 3.84. The fraction of sp³-hybridized carbons (Fsp3) is 0.500. The van der Waals surface area contributed by atoms with Crippen LogP contribution in [0.3, 0.4) is 0 Å². The number of carbonyl (C=O) groups excluding carboxylic acids is 1. The van der Waals surface area contributed by atoms with Gasteiger partial charge in [-0.2, -0.15) is 0 Å². The number of carbonyl (C=O) groups is 1. The topological polar surface area (TPSA) is 35.5 Å². The van der Waals surface area contributed by atoms with Crippen molar-refractivity contribution in [3.8, 4) is 5.75 Å². The van der Waals surface area contributed by atoms with E-state index in [9.17, 15) is 9.18 Å². The number of hydrogen-bond donors (Lipinski definition) is 0. The van der Waals surface area contributed by atoms with Gasteiger partial charge in [-0.1, -0.05) is 6.07 Å². The first-order valence-corrected chi connectivity index (χ1v) is 6.14. The minimum absolute atomic E-state index is 0.168. The zero-order chi connectivity index (χ0) is 13.1. The molecule has 0 aromatic heterocycles. The summed E-state index contributed by atoms with van der Waals surface area (Å²) in [5, 5.41) is 0. The van der Waals surface area contributed by atoms with Gasteiger partial charge in [-0.05, 0) is 42.9 Å². The smallest absolute Gasteiger partial charge is 0.306 e. The lowest BCUT2D eigenvalue weighted by Crippen LogP contribution is -2.05. The Morgan fingerprint density at radius 3 is 2.89 bits per heavy atom. The van der Waals surface area contributed by atoms with Gasteiger partial charge in [-0.15, -0.1) is 0 Å². The molecule has 0 radical (unpaired) electrons. The largest absolute Gasteiger partial charge is 0.494 e. The number of halogens is 1. The van der Waals surface area contributed by atoms with Gasteiger partial charge in [-0.3, -0.25) is 4.79 Å². The molecule has 1 aliphatic carbocycles. The fourth-order valence-electron chi connectivity index (χ4n) is 2.23. The summed E-state index contributed by atoms with van der Waals surface area (Å²) in [6.07, 6.45) is 1.34. The zero-order valence-corrected chi connectivity index (χ0v) is 10.6. The van der Waals surface area contributed by atoms with Crippen molar-refractivity contribution in [3.05, 3.63) is 29.6 Å². The van der Waals surface area contributed by atoms with Crippen molar-refractivity contribution in [1.29, 1.82) is 0 Å². The number of methoxy groups -OCH3 is 1. The van der Waals surface area contributed by atoms with Crippen LogP contribution in [-0.2, 0) is 9.53 Å². The van der Waals surface area contributed by atoms with Gasteiger partial charge >= 0.3 is 5.97 Å². The maximum absolute atomic E-state index is 13.5. The maximum atomic E-state index is 13.5. The van der Waals surface area contributed by atoms with Crippen LogP contribution >= 0.6 is 0 Å². The van der Waals surface area contributed by atoms with Crippen molar-refractivity contribution in [2.45, 2.75) is 25.7 Å². The van der Waals surface area contributed by atoms with Gasteiger partial charge in [0.15, 0.2) is 11.6 Å². The molecule has 0 spiro atoms. The number of rotatable bonds is 5. The molecule has 3 nitrogen and oxygen atoms in total. The molecule has 2 atom stereocenters. The van der Waals surface area contributed by atoms with Gasteiger partial charge in [0.25, 0.3) is 0 Å². The summed E-state index contributed by atoms with van der Waals surface area (Å²) in [6, 6.07) is 4.98. The molecule has 0 bridgehead atoms. The summed E-state index contributed by atoms with van der Waals surface area (Å²) in [7, 11) is 1.44. The minimum Gasteiger partial charge on any atom is -0.494 e. The van der Waals surface area contributed by atoms with E-state index in [1.807, 2.05) is 6.07 Å². The number of hydrogen-bond acceptors (Lipinski definition) is 3. The van der Waals surface area contributed by atoms with Crippen LogP contribution < -0.4 is 4.74 Å². The molecular formula is C14H17FO3. The lowest BCUT2D eigenvalue weighted by Gasteiger charge is -2.05. The Balaban J connectivity index is 1.95. The van der Waals surface area contributed by atoms with Crippen molar-refractivity contribution in [1.82, 2.24) is 0 Å². The van der Waals surface area contributed by atoms with E-state index in [0.717, 1.165) is 12.0 Å². The Morgan fingerprint density at radius 2 is 2.28 bits per heavy atom. The SMILES string of the molecule is CCOC(=O)CC1CC1c1ccc(OC)c(F)c1. The van der Waals surface area contributed by atoms with Crippen LogP contribution in [0, 0.1) is 11.7 Å². The molecule has 0 heterocycles. The first-order valence-electron chi connectivity index (χ1n) is 6.14. The van der Waals surface area contributed by atoms with Crippen molar-refractivity contribution in [3.63, 3.8) is 0 Å². The van der Waals surface area contributed by atoms with Gasteiger partial charge < -0.3 is 9.47 Å². The molecule has 1 fully saturated rings. The molecule has 1 aromatic rings. The summed E-state index contributed by atoms with van der Waals surface area (Å²) >= 11 is 0. The van der Waals surface area contributed by atoms with E-state index in [2.05, 4.69) is 0 Å². The second kappa shape index (κ2) is 5.38. The van der Waals surface area contributed by atoms with Gasteiger partial charge in [0.05, 0.1) is 13.7 Å². The maximum Gasteiger partial charge on any atom is 0.306 e. The first-order chi connectivity index (χ1) is 8.65. The van der Waals surface area contributed by atoms with E-state index in [1.165, 1.54) is 13.2 Å². The highest BCUT2D eigenvalue weighted by Crippen LogP contribution is 2.50. The van der Waals surface area contributed by atoms with Gasteiger partial charge in [0.2, 0.25) is 0 Å². The molecule has 0 saturated heterocycles.